The zero-order valence-corrected chi connectivity index (χ0v) is 20.9. The number of hydrogen-bond acceptors (Lipinski definition) is 1. The van der Waals surface area contributed by atoms with Gasteiger partial charge in [-0.05, 0) is 111 Å². The zero-order chi connectivity index (χ0) is 21.8. The molecule has 0 spiro atoms. The van der Waals surface area contributed by atoms with Crippen molar-refractivity contribution < 1.29 is 5.11 Å². The van der Waals surface area contributed by atoms with E-state index in [-0.39, 0.29) is 6.10 Å². The van der Waals surface area contributed by atoms with E-state index in [1.165, 1.54) is 38.5 Å². The number of allylic oxidation sites excluding steroid dienone is 3. The SMILES string of the molecule is CC(=C[C@@H](C)[C@H]1CC[C@H]2[C@@H]3CC=C4C[C@@H](O)CC[C@]4(C)[C@H]3CC[C@]12C)C(C)C(C)C. The van der Waals surface area contributed by atoms with Crippen LogP contribution in [0.5, 0.6) is 0 Å². The fourth-order valence-electron chi connectivity index (χ4n) is 8.75. The largest absolute Gasteiger partial charge is 0.393 e. The Hall–Kier alpha value is -0.560. The van der Waals surface area contributed by atoms with Crippen LogP contribution in [0.1, 0.15) is 99.8 Å². The Balaban J connectivity index is 1.55. The van der Waals surface area contributed by atoms with E-state index in [0.717, 1.165) is 42.4 Å². The molecule has 3 fully saturated rings. The first-order chi connectivity index (χ1) is 14.1. The minimum atomic E-state index is -0.0882. The lowest BCUT2D eigenvalue weighted by Crippen LogP contribution is -2.50. The highest BCUT2D eigenvalue weighted by Crippen LogP contribution is 2.67. The maximum absolute atomic E-state index is 10.2. The van der Waals surface area contributed by atoms with Crippen molar-refractivity contribution in [1.29, 1.82) is 0 Å². The fraction of sp³-hybridized carbons (Fsp3) is 0.862. The van der Waals surface area contributed by atoms with Crippen LogP contribution in [0.15, 0.2) is 23.3 Å². The smallest absolute Gasteiger partial charge is 0.0577 e. The van der Waals surface area contributed by atoms with Crippen LogP contribution in [0, 0.1) is 52.3 Å². The molecule has 1 N–H and O–H groups in total. The van der Waals surface area contributed by atoms with Crippen molar-refractivity contribution in [3.05, 3.63) is 23.3 Å². The van der Waals surface area contributed by atoms with Crippen molar-refractivity contribution >= 4 is 0 Å². The molecule has 3 saturated carbocycles. The van der Waals surface area contributed by atoms with Gasteiger partial charge in [-0.15, -0.1) is 0 Å². The van der Waals surface area contributed by atoms with Crippen LogP contribution in [0.2, 0.25) is 0 Å². The average molecular weight is 413 g/mol. The predicted octanol–water partition coefficient (Wildman–Crippen LogP) is 7.80. The van der Waals surface area contributed by atoms with E-state index in [1.54, 1.807) is 11.1 Å². The van der Waals surface area contributed by atoms with E-state index in [1.807, 2.05) is 0 Å². The topological polar surface area (TPSA) is 20.2 Å². The maximum Gasteiger partial charge on any atom is 0.0577 e. The van der Waals surface area contributed by atoms with Gasteiger partial charge in [0.1, 0.15) is 0 Å². The first kappa shape index (κ1) is 22.6. The molecule has 0 heterocycles. The summed E-state index contributed by atoms with van der Waals surface area (Å²) in [6.07, 6.45) is 15.3. The highest BCUT2D eigenvalue weighted by Gasteiger charge is 2.59. The van der Waals surface area contributed by atoms with E-state index in [2.05, 4.69) is 60.6 Å². The molecule has 30 heavy (non-hydrogen) atoms. The molecule has 170 valence electrons. The second kappa shape index (κ2) is 8.09. The van der Waals surface area contributed by atoms with E-state index >= 15 is 0 Å². The van der Waals surface area contributed by atoms with Crippen molar-refractivity contribution in [2.75, 3.05) is 0 Å². The quantitative estimate of drug-likeness (QED) is 0.467. The molecule has 0 radical (unpaired) electrons. The van der Waals surface area contributed by atoms with Gasteiger partial charge >= 0.3 is 0 Å². The molecule has 0 aromatic carbocycles. The van der Waals surface area contributed by atoms with Gasteiger partial charge < -0.3 is 5.11 Å². The minimum absolute atomic E-state index is 0.0882. The highest BCUT2D eigenvalue weighted by atomic mass is 16.3. The van der Waals surface area contributed by atoms with Crippen LogP contribution in [0.3, 0.4) is 0 Å². The Morgan fingerprint density at radius 3 is 2.47 bits per heavy atom. The summed E-state index contributed by atoms with van der Waals surface area (Å²) < 4.78 is 0. The van der Waals surface area contributed by atoms with Gasteiger partial charge in [0, 0.05) is 0 Å². The van der Waals surface area contributed by atoms with Crippen molar-refractivity contribution in [3.63, 3.8) is 0 Å². The monoisotopic (exact) mass is 412 g/mol. The summed E-state index contributed by atoms with van der Waals surface area (Å²) in [6.45, 7) is 17.2. The van der Waals surface area contributed by atoms with Crippen LogP contribution in [0.4, 0.5) is 0 Å². The number of fused-ring (bicyclic) bond motifs is 5. The van der Waals surface area contributed by atoms with Crippen LogP contribution < -0.4 is 0 Å². The molecular weight excluding hydrogens is 364 g/mol. The van der Waals surface area contributed by atoms with Crippen LogP contribution >= 0.6 is 0 Å². The highest BCUT2D eigenvalue weighted by molar-refractivity contribution is 5.25. The molecule has 0 aromatic rings. The molecule has 0 amide bonds. The summed E-state index contributed by atoms with van der Waals surface area (Å²) in [6, 6.07) is 0. The summed E-state index contributed by atoms with van der Waals surface area (Å²) in [5, 5.41) is 10.2. The number of aliphatic hydroxyl groups excluding tert-OH is 1. The Labute approximate surface area is 186 Å². The van der Waals surface area contributed by atoms with Gasteiger partial charge in [-0.1, -0.05) is 64.8 Å². The molecule has 0 aromatic heterocycles. The summed E-state index contributed by atoms with van der Waals surface area (Å²) >= 11 is 0. The lowest BCUT2D eigenvalue weighted by molar-refractivity contribution is -0.0541. The second-order valence-electron chi connectivity index (χ2n) is 12.7. The Morgan fingerprint density at radius 1 is 1.03 bits per heavy atom. The standard InChI is InChI=1S/C29H48O/c1-18(2)21(5)19(3)16-20(4)25-10-11-26-24-9-8-22-17-23(30)12-14-28(22,6)27(24)13-15-29(25,26)7/h8,16,18,20-21,23-27,30H,9-15,17H2,1-7H3/t20-,21?,23+,24+,25-,26+,27+,28+,29-/m1/s1. The predicted molar refractivity (Wildman–Crippen MR) is 128 cm³/mol. The second-order valence-corrected chi connectivity index (χ2v) is 12.7. The molecule has 4 rings (SSSR count). The number of hydrogen-bond donors (Lipinski definition) is 1. The molecule has 0 aliphatic heterocycles. The van der Waals surface area contributed by atoms with Gasteiger partial charge in [-0.3, -0.25) is 0 Å². The van der Waals surface area contributed by atoms with Crippen LogP contribution in [-0.4, -0.2) is 11.2 Å². The van der Waals surface area contributed by atoms with E-state index in [4.69, 9.17) is 0 Å². The van der Waals surface area contributed by atoms with E-state index < -0.39 is 0 Å². The molecule has 0 saturated heterocycles. The Morgan fingerprint density at radius 2 is 1.77 bits per heavy atom. The van der Waals surface area contributed by atoms with Gasteiger partial charge in [-0.2, -0.15) is 0 Å². The third-order valence-electron chi connectivity index (χ3n) is 11.0. The molecular formula is C29H48O. The molecule has 0 bridgehead atoms. The van der Waals surface area contributed by atoms with Crippen molar-refractivity contribution in [2.45, 2.75) is 106 Å². The van der Waals surface area contributed by atoms with Gasteiger partial charge in [0.15, 0.2) is 0 Å². The first-order valence-electron chi connectivity index (χ1n) is 13.1. The fourth-order valence-corrected chi connectivity index (χ4v) is 8.75. The lowest BCUT2D eigenvalue weighted by Gasteiger charge is -2.58. The van der Waals surface area contributed by atoms with Gasteiger partial charge in [0.2, 0.25) is 0 Å². The maximum atomic E-state index is 10.2. The average Bonchev–Trinajstić information content (AvgIpc) is 3.05. The summed E-state index contributed by atoms with van der Waals surface area (Å²) in [4.78, 5) is 0. The molecule has 4 aliphatic carbocycles. The van der Waals surface area contributed by atoms with E-state index in [9.17, 15) is 5.11 Å². The molecule has 4 aliphatic rings. The van der Waals surface area contributed by atoms with Crippen molar-refractivity contribution in [2.24, 2.45) is 52.3 Å². The summed E-state index contributed by atoms with van der Waals surface area (Å²) in [5.41, 5.74) is 4.11. The number of rotatable bonds is 4. The van der Waals surface area contributed by atoms with Gasteiger partial charge in [0.25, 0.3) is 0 Å². The van der Waals surface area contributed by atoms with Crippen molar-refractivity contribution in [1.82, 2.24) is 0 Å². The van der Waals surface area contributed by atoms with Crippen molar-refractivity contribution in [3.8, 4) is 0 Å². The molecule has 9 atom stereocenters. The normalized spacial score (nSPS) is 46.0. The molecule has 1 heteroatoms. The summed E-state index contributed by atoms with van der Waals surface area (Å²) in [7, 11) is 0. The first-order valence-corrected chi connectivity index (χ1v) is 13.1. The third-order valence-corrected chi connectivity index (χ3v) is 11.0. The Kier molecular flexibility index (Phi) is 6.10. The Bertz CT molecular complexity index is 701. The zero-order valence-electron chi connectivity index (χ0n) is 20.9. The van der Waals surface area contributed by atoms with E-state index in [0.29, 0.717) is 22.7 Å². The lowest BCUT2D eigenvalue weighted by atomic mass is 9.47. The minimum Gasteiger partial charge on any atom is -0.393 e. The summed E-state index contributed by atoms with van der Waals surface area (Å²) in [5.74, 6) is 5.61. The third kappa shape index (κ3) is 3.56. The van der Waals surface area contributed by atoms with Crippen LogP contribution in [-0.2, 0) is 0 Å². The van der Waals surface area contributed by atoms with Crippen LogP contribution in [0.25, 0.3) is 0 Å². The van der Waals surface area contributed by atoms with Gasteiger partial charge in [0.05, 0.1) is 6.10 Å². The van der Waals surface area contributed by atoms with Gasteiger partial charge in [-0.25, -0.2) is 0 Å². The number of aliphatic hydroxyl groups is 1. The molecule has 1 unspecified atom stereocenters. The molecule has 1 nitrogen and oxygen atoms in total.